The standard InChI is InChI=1S/C16H14ClF3N4O.ClH/c17-15-12(8-23-24(22)10-21)4-2-6-14(15)25-9-11-3-1-5-13(7-11)16(18,19)20;/h1-8,10,21H,9,22H2;1H/b21-10?,23-8+;. The molecule has 5 nitrogen and oxygen atoms in total. The number of ether oxygens (including phenoxy) is 1. The summed E-state index contributed by atoms with van der Waals surface area (Å²) >= 11 is 6.19. The van der Waals surface area contributed by atoms with Crippen LogP contribution in [0.1, 0.15) is 16.7 Å². The normalized spacial score (nSPS) is 11.1. The van der Waals surface area contributed by atoms with E-state index in [2.05, 4.69) is 5.10 Å². The maximum atomic E-state index is 12.7. The Morgan fingerprint density at radius 3 is 2.58 bits per heavy atom. The number of hydrogen-bond donors (Lipinski definition) is 2. The van der Waals surface area contributed by atoms with E-state index in [9.17, 15) is 13.2 Å². The van der Waals surface area contributed by atoms with E-state index in [0.717, 1.165) is 23.6 Å². The second-order valence-electron chi connectivity index (χ2n) is 4.90. The lowest BCUT2D eigenvalue weighted by Crippen LogP contribution is -2.22. The first-order valence-corrected chi connectivity index (χ1v) is 7.35. The minimum atomic E-state index is -4.41. The van der Waals surface area contributed by atoms with Crippen LogP contribution in [0.4, 0.5) is 13.2 Å². The fraction of sp³-hybridized carbons (Fsp3) is 0.125. The number of nitrogens with zero attached hydrogens (tertiary/aromatic N) is 2. The minimum Gasteiger partial charge on any atom is -0.487 e. The Balaban J connectivity index is 0.00000338. The van der Waals surface area contributed by atoms with Crippen molar-refractivity contribution >= 4 is 36.6 Å². The second-order valence-corrected chi connectivity index (χ2v) is 5.28. The molecule has 140 valence electrons. The Hall–Kier alpha value is -2.29. The Kier molecular flexibility index (Phi) is 7.88. The van der Waals surface area contributed by atoms with E-state index in [1.165, 1.54) is 18.3 Å². The number of benzene rings is 2. The molecule has 0 aromatic heterocycles. The molecule has 2 aromatic carbocycles. The maximum absolute atomic E-state index is 12.7. The molecular weight excluding hydrogens is 392 g/mol. The highest BCUT2D eigenvalue weighted by molar-refractivity contribution is 6.34. The number of rotatable bonds is 6. The summed E-state index contributed by atoms with van der Waals surface area (Å²) in [4.78, 5) is 0. The van der Waals surface area contributed by atoms with Crippen molar-refractivity contribution in [2.24, 2.45) is 10.9 Å². The van der Waals surface area contributed by atoms with Crippen molar-refractivity contribution in [3.8, 4) is 5.75 Å². The van der Waals surface area contributed by atoms with E-state index in [4.69, 9.17) is 27.6 Å². The summed E-state index contributed by atoms with van der Waals surface area (Å²) < 4.78 is 43.7. The van der Waals surface area contributed by atoms with E-state index >= 15 is 0 Å². The first-order valence-electron chi connectivity index (χ1n) is 6.97. The molecule has 2 aromatic rings. The number of hydrazine groups is 1. The van der Waals surface area contributed by atoms with Crippen LogP contribution in [0, 0.1) is 5.41 Å². The second kappa shape index (κ2) is 9.42. The Morgan fingerprint density at radius 1 is 1.23 bits per heavy atom. The predicted octanol–water partition coefficient (Wildman–Crippen LogP) is 4.48. The van der Waals surface area contributed by atoms with Gasteiger partial charge in [0.25, 0.3) is 0 Å². The highest BCUT2D eigenvalue weighted by Gasteiger charge is 2.30. The molecule has 0 atom stereocenters. The average Bonchev–Trinajstić information content (AvgIpc) is 2.59. The first-order chi connectivity index (χ1) is 11.8. The van der Waals surface area contributed by atoms with Gasteiger partial charge in [-0.1, -0.05) is 35.9 Å². The van der Waals surface area contributed by atoms with Gasteiger partial charge >= 0.3 is 6.18 Å². The highest BCUT2D eigenvalue weighted by atomic mass is 35.5. The summed E-state index contributed by atoms with van der Waals surface area (Å²) in [6.45, 7) is -0.0756. The molecule has 0 unspecified atom stereocenters. The van der Waals surface area contributed by atoms with Gasteiger partial charge < -0.3 is 4.74 Å². The molecule has 0 saturated heterocycles. The Morgan fingerprint density at radius 2 is 1.92 bits per heavy atom. The number of nitrogens with one attached hydrogen (secondary N) is 1. The number of alkyl halides is 3. The lowest BCUT2D eigenvalue weighted by Gasteiger charge is -2.12. The predicted molar refractivity (Wildman–Crippen MR) is 96.9 cm³/mol. The number of hydrogen-bond acceptors (Lipinski definition) is 4. The fourth-order valence-electron chi connectivity index (χ4n) is 1.90. The number of halogens is 5. The number of hydrazone groups is 1. The molecule has 0 aliphatic rings. The van der Waals surface area contributed by atoms with Gasteiger partial charge in [-0.25, -0.2) is 5.84 Å². The monoisotopic (exact) mass is 406 g/mol. The van der Waals surface area contributed by atoms with Gasteiger partial charge in [0.1, 0.15) is 18.7 Å². The van der Waals surface area contributed by atoms with Crippen molar-refractivity contribution in [3.63, 3.8) is 0 Å². The molecule has 0 radical (unpaired) electrons. The highest BCUT2D eigenvalue weighted by Crippen LogP contribution is 2.31. The molecule has 3 N–H and O–H groups in total. The summed E-state index contributed by atoms with van der Waals surface area (Å²) in [7, 11) is 0. The van der Waals surface area contributed by atoms with Crippen molar-refractivity contribution < 1.29 is 17.9 Å². The third kappa shape index (κ3) is 5.91. The average molecular weight is 407 g/mol. The molecule has 0 aliphatic carbocycles. The van der Waals surface area contributed by atoms with Crippen LogP contribution in [0.2, 0.25) is 5.02 Å². The minimum absolute atomic E-state index is 0. The van der Waals surface area contributed by atoms with Crippen molar-refractivity contribution in [1.29, 1.82) is 5.41 Å². The lowest BCUT2D eigenvalue weighted by atomic mass is 10.1. The van der Waals surface area contributed by atoms with Gasteiger partial charge in [-0.15, -0.1) is 12.4 Å². The zero-order valence-electron chi connectivity index (χ0n) is 13.2. The van der Waals surface area contributed by atoms with Crippen LogP contribution in [0.25, 0.3) is 0 Å². The van der Waals surface area contributed by atoms with Gasteiger partial charge in [0.2, 0.25) is 0 Å². The zero-order chi connectivity index (χ0) is 18.4. The maximum Gasteiger partial charge on any atom is 0.416 e. The summed E-state index contributed by atoms with van der Waals surface area (Å²) in [5.41, 5.74) is 0.109. The molecule has 0 heterocycles. The van der Waals surface area contributed by atoms with E-state index in [-0.39, 0.29) is 24.0 Å². The molecule has 0 saturated carbocycles. The summed E-state index contributed by atoms with van der Waals surface area (Å²) in [5.74, 6) is 5.61. The van der Waals surface area contributed by atoms with Crippen molar-refractivity contribution in [2.75, 3.05) is 0 Å². The quantitative estimate of drug-likeness (QED) is 0.321. The molecule has 26 heavy (non-hydrogen) atoms. The van der Waals surface area contributed by atoms with Crippen LogP contribution in [0.15, 0.2) is 47.6 Å². The molecule has 0 amide bonds. The summed E-state index contributed by atoms with van der Waals surface area (Å²) in [6, 6.07) is 9.76. The largest absolute Gasteiger partial charge is 0.487 e. The van der Waals surface area contributed by atoms with Crippen LogP contribution >= 0.6 is 24.0 Å². The van der Waals surface area contributed by atoms with E-state index in [1.54, 1.807) is 18.2 Å². The molecule has 10 heteroatoms. The van der Waals surface area contributed by atoms with Crippen LogP contribution in [-0.2, 0) is 12.8 Å². The first kappa shape index (κ1) is 21.8. The lowest BCUT2D eigenvalue weighted by molar-refractivity contribution is -0.137. The van der Waals surface area contributed by atoms with E-state index in [1.807, 2.05) is 0 Å². The topological polar surface area (TPSA) is 74.7 Å². The summed E-state index contributed by atoms with van der Waals surface area (Å²) in [6.07, 6.45) is -2.27. The number of nitrogens with two attached hydrogens (primary N) is 1. The van der Waals surface area contributed by atoms with Crippen molar-refractivity contribution in [1.82, 2.24) is 5.12 Å². The molecule has 0 aliphatic heterocycles. The molecule has 0 spiro atoms. The molecule has 2 rings (SSSR count). The van der Waals surface area contributed by atoms with Crippen LogP contribution in [-0.4, -0.2) is 17.7 Å². The van der Waals surface area contributed by atoms with Crippen LogP contribution < -0.4 is 10.6 Å². The van der Waals surface area contributed by atoms with Gasteiger partial charge in [0.05, 0.1) is 16.8 Å². The van der Waals surface area contributed by atoms with Gasteiger partial charge in [0.15, 0.2) is 0 Å². The smallest absolute Gasteiger partial charge is 0.416 e. The molecule has 0 fully saturated rings. The van der Waals surface area contributed by atoms with Crippen molar-refractivity contribution in [2.45, 2.75) is 12.8 Å². The molecular formula is C16H15Cl2F3N4O. The SMILES string of the molecule is Cl.N=CN(N)/N=C/c1cccc(OCc2cccc(C(F)(F)F)c2)c1Cl. The zero-order valence-corrected chi connectivity index (χ0v) is 14.8. The summed E-state index contributed by atoms with van der Waals surface area (Å²) in [5, 5.41) is 11.7. The third-order valence-electron chi connectivity index (χ3n) is 3.10. The van der Waals surface area contributed by atoms with Gasteiger partial charge in [0, 0.05) is 5.56 Å². The van der Waals surface area contributed by atoms with Gasteiger partial charge in [-0.2, -0.15) is 23.4 Å². The van der Waals surface area contributed by atoms with Gasteiger partial charge in [-0.3, -0.25) is 5.41 Å². The Labute approximate surface area is 159 Å². The Bertz CT molecular complexity index is 784. The third-order valence-corrected chi connectivity index (χ3v) is 3.51. The van der Waals surface area contributed by atoms with Crippen LogP contribution in [0.5, 0.6) is 5.75 Å². The van der Waals surface area contributed by atoms with Gasteiger partial charge in [-0.05, 0) is 23.8 Å². The fourth-order valence-corrected chi connectivity index (χ4v) is 2.13. The van der Waals surface area contributed by atoms with Crippen LogP contribution in [0.3, 0.4) is 0 Å². The van der Waals surface area contributed by atoms with Crippen molar-refractivity contribution in [3.05, 3.63) is 64.2 Å². The van der Waals surface area contributed by atoms with E-state index < -0.39 is 11.7 Å². The molecule has 0 bridgehead atoms. The van der Waals surface area contributed by atoms with E-state index in [0.29, 0.717) is 16.9 Å².